The maximum atomic E-state index is 8.91. The largest absolute Gasteiger partial charge is 0.341 e. The number of hydrogen-bond acceptors (Lipinski definition) is 4. The van der Waals surface area contributed by atoms with Crippen LogP contribution in [0.5, 0.6) is 0 Å². The number of aromatic nitrogens is 2. The highest BCUT2D eigenvalue weighted by Gasteiger charge is 2.27. The Morgan fingerprint density at radius 3 is 2.79 bits per heavy atom. The van der Waals surface area contributed by atoms with Crippen LogP contribution < -0.4 is 4.90 Å². The van der Waals surface area contributed by atoms with Gasteiger partial charge in [-0.1, -0.05) is 20.8 Å². The Balaban J connectivity index is 2.09. The Morgan fingerprint density at radius 1 is 1.32 bits per heavy atom. The molecule has 1 aliphatic heterocycles. The van der Waals surface area contributed by atoms with Crippen molar-refractivity contribution in [2.75, 3.05) is 18.0 Å². The van der Waals surface area contributed by atoms with Gasteiger partial charge in [0.15, 0.2) is 0 Å². The number of rotatable bonds is 1. The average Bonchev–Trinajstić information content (AvgIpc) is 2.64. The molecule has 1 saturated heterocycles. The Hall–Kier alpha value is -1.63. The lowest BCUT2D eigenvalue weighted by molar-refractivity contribution is 0.220. The minimum Gasteiger partial charge on any atom is -0.341 e. The highest BCUT2D eigenvalue weighted by atomic mass is 15.2. The van der Waals surface area contributed by atoms with E-state index in [1.165, 1.54) is 19.3 Å². The maximum absolute atomic E-state index is 8.91. The van der Waals surface area contributed by atoms with Crippen molar-refractivity contribution in [1.82, 2.24) is 9.97 Å². The van der Waals surface area contributed by atoms with Gasteiger partial charge in [0, 0.05) is 19.3 Å². The van der Waals surface area contributed by atoms with E-state index in [1.54, 1.807) is 12.3 Å². The molecule has 0 spiro atoms. The van der Waals surface area contributed by atoms with Gasteiger partial charge in [-0.3, -0.25) is 0 Å². The summed E-state index contributed by atoms with van der Waals surface area (Å²) < 4.78 is 0. The fourth-order valence-electron chi connectivity index (χ4n) is 2.73. The molecular weight excluding hydrogens is 236 g/mol. The first-order valence-electron chi connectivity index (χ1n) is 6.99. The molecular formula is C15H22N4. The number of nitriles is 1. The lowest BCUT2D eigenvalue weighted by Gasteiger charge is -2.29. The monoisotopic (exact) mass is 258 g/mol. The summed E-state index contributed by atoms with van der Waals surface area (Å²) in [5.74, 6) is 1.45. The lowest BCUT2D eigenvalue weighted by Crippen LogP contribution is -2.27. The third-order valence-electron chi connectivity index (χ3n) is 3.99. The minimum atomic E-state index is 0.366. The Kier molecular flexibility index (Phi) is 4.04. The summed E-state index contributed by atoms with van der Waals surface area (Å²) >= 11 is 0. The summed E-state index contributed by atoms with van der Waals surface area (Å²) in [7, 11) is 0. The second-order valence-corrected chi connectivity index (χ2v) is 6.33. The molecule has 4 heteroatoms. The molecule has 1 atom stereocenters. The van der Waals surface area contributed by atoms with Crippen LogP contribution in [0.2, 0.25) is 0 Å². The van der Waals surface area contributed by atoms with Gasteiger partial charge in [0.25, 0.3) is 0 Å². The van der Waals surface area contributed by atoms with Crippen molar-refractivity contribution in [3.05, 3.63) is 18.0 Å². The number of anilines is 1. The van der Waals surface area contributed by atoms with Crippen LogP contribution in [0.15, 0.2) is 12.3 Å². The first kappa shape index (κ1) is 13.8. The van der Waals surface area contributed by atoms with Crippen LogP contribution in [0, 0.1) is 22.7 Å². The van der Waals surface area contributed by atoms with Gasteiger partial charge in [-0.15, -0.1) is 0 Å². The molecule has 0 aromatic carbocycles. The van der Waals surface area contributed by atoms with Crippen molar-refractivity contribution in [3.63, 3.8) is 0 Å². The van der Waals surface area contributed by atoms with Gasteiger partial charge in [-0.25, -0.2) is 9.97 Å². The lowest BCUT2D eigenvalue weighted by atomic mass is 9.77. The van der Waals surface area contributed by atoms with Gasteiger partial charge in [-0.05, 0) is 36.7 Å². The quantitative estimate of drug-likeness (QED) is 0.777. The van der Waals surface area contributed by atoms with E-state index in [1.807, 2.05) is 0 Å². The van der Waals surface area contributed by atoms with Crippen LogP contribution >= 0.6 is 0 Å². The first-order valence-corrected chi connectivity index (χ1v) is 6.99. The molecule has 0 bridgehead atoms. The van der Waals surface area contributed by atoms with E-state index in [-0.39, 0.29) is 0 Å². The average molecular weight is 258 g/mol. The van der Waals surface area contributed by atoms with E-state index >= 15 is 0 Å². The molecule has 19 heavy (non-hydrogen) atoms. The number of hydrogen-bond donors (Lipinski definition) is 0. The normalized spacial score (nSPS) is 20.7. The highest BCUT2D eigenvalue weighted by molar-refractivity contribution is 5.33. The molecule has 4 nitrogen and oxygen atoms in total. The minimum absolute atomic E-state index is 0.366. The van der Waals surface area contributed by atoms with E-state index in [4.69, 9.17) is 5.26 Å². The summed E-state index contributed by atoms with van der Waals surface area (Å²) in [6.07, 6.45) is 5.27. The van der Waals surface area contributed by atoms with Crippen molar-refractivity contribution in [1.29, 1.82) is 5.26 Å². The Bertz CT molecular complexity index is 470. The van der Waals surface area contributed by atoms with Gasteiger partial charge < -0.3 is 4.90 Å². The molecule has 0 amide bonds. The molecule has 102 valence electrons. The molecule has 0 radical (unpaired) electrons. The highest BCUT2D eigenvalue weighted by Crippen LogP contribution is 2.34. The van der Waals surface area contributed by atoms with Crippen molar-refractivity contribution >= 4 is 5.95 Å². The molecule has 2 heterocycles. The fourth-order valence-corrected chi connectivity index (χ4v) is 2.73. The SMILES string of the molecule is CC(C)(C)C1CCCN(c2nccc(C#N)n2)CC1. The smallest absolute Gasteiger partial charge is 0.226 e. The van der Waals surface area contributed by atoms with Gasteiger partial charge in [-0.2, -0.15) is 5.26 Å². The van der Waals surface area contributed by atoms with Gasteiger partial charge in [0.2, 0.25) is 5.95 Å². The standard InChI is InChI=1S/C15H22N4/c1-15(2,3)12-5-4-9-19(10-7-12)14-17-8-6-13(11-16)18-14/h6,8,12H,4-5,7,9-10H2,1-3H3. The predicted molar refractivity (Wildman–Crippen MR) is 75.8 cm³/mol. The van der Waals surface area contributed by atoms with Crippen LogP contribution in [0.1, 0.15) is 45.7 Å². The van der Waals surface area contributed by atoms with E-state index in [0.717, 1.165) is 19.0 Å². The van der Waals surface area contributed by atoms with Gasteiger partial charge >= 0.3 is 0 Å². The van der Waals surface area contributed by atoms with Gasteiger partial charge in [0.1, 0.15) is 11.8 Å². The van der Waals surface area contributed by atoms with Crippen LogP contribution in [-0.2, 0) is 0 Å². The van der Waals surface area contributed by atoms with E-state index in [0.29, 0.717) is 17.1 Å². The molecule has 2 rings (SSSR count). The zero-order valence-corrected chi connectivity index (χ0v) is 12.1. The van der Waals surface area contributed by atoms with Crippen molar-refractivity contribution in [2.24, 2.45) is 11.3 Å². The third-order valence-corrected chi connectivity index (χ3v) is 3.99. The van der Waals surface area contributed by atoms with Gasteiger partial charge in [0.05, 0.1) is 0 Å². The van der Waals surface area contributed by atoms with Crippen LogP contribution in [0.3, 0.4) is 0 Å². The molecule has 1 aliphatic rings. The van der Waals surface area contributed by atoms with E-state index in [2.05, 4.69) is 41.7 Å². The summed E-state index contributed by atoms with van der Waals surface area (Å²) in [5, 5.41) is 8.91. The van der Waals surface area contributed by atoms with Crippen molar-refractivity contribution in [2.45, 2.75) is 40.0 Å². The molecule has 1 aromatic heterocycles. The molecule has 0 aliphatic carbocycles. The summed E-state index contributed by atoms with van der Waals surface area (Å²) in [6.45, 7) is 8.93. The third kappa shape index (κ3) is 3.44. The Morgan fingerprint density at radius 2 is 2.11 bits per heavy atom. The molecule has 1 fully saturated rings. The van der Waals surface area contributed by atoms with Crippen LogP contribution in [-0.4, -0.2) is 23.1 Å². The summed E-state index contributed by atoms with van der Waals surface area (Å²) in [6, 6.07) is 3.73. The van der Waals surface area contributed by atoms with Crippen LogP contribution in [0.4, 0.5) is 5.95 Å². The van der Waals surface area contributed by atoms with E-state index in [9.17, 15) is 0 Å². The number of nitrogens with zero attached hydrogens (tertiary/aromatic N) is 4. The van der Waals surface area contributed by atoms with Crippen molar-refractivity contribution < 1.29 is 0 Å². The summed E-state index contributed by atoms with van der Waals surface area (Å²) in [4.78, 5) is 10.8. The zero-order chi connectivity index (χ0) is 13.9. The predicted octanol–water partition coefficient (Wildman–Crippen LogP) is 3.00. The summed E-state index contributed by atoms with van der Waals surface area (Å²) in [5.41, 5.74) is 0.812. The van der Waals surface area contributed by atoms with Crippen molar-refractivity contribution in [3.8, 4) is 6.07 Å². The molecule has 1 aromatic rings. The fraction of sp³-hybridized carbons (Fsp3) is 0.667. The second kappa shape index (κ2) is 5.56. The molecule has 1 unspecified atom stereocenters. The van der Waals surface area contributed by atoms with Crippen LogP contribution in [0.25, 0.3) is 0 Å². The molecule has 0 N–H and O–H groups in total. The Labute approximate surface area is 115 Å². The maximum Gasteiger partial charge on any atom is 0.226 e. The first-order chi connectivity index (χ1) is 9.00. The van der Waals surface area contributed by atoms with E-state index < -0.39 is 0 Å². The second-order valence-electron chi connectivity index (χ2n) is 6.33. The topological polar surface area (TPSA) is 52.8 Å². The zero-order valence-electron chi connectivity index (χ0n) is 12.1. The molecule has 0 saturated carbocycles.